The zero-order valence-corrected chi connectivity index (χ0v) is 11.4. The van der Waals surface area contributed by atoms with Crippen molar-refractivity contribution in [1.29, 1.82) is 0 Å². The molecule has 7 nitrogen and oxygen atoms in total. The highest BCUT2D eigenvalue weighted by Crippen LogP contribution is 2.20. The third-order valence-electron chi connectivity index (χ3n) is 3.07. The van der Waals surface area contributed by atoms with Gasteiger partial charge in [0.25, 0.3) is 5.91 Å². The Balaban J connectivity index is 2.34. The van der Waals surface area contributed by atoms with Crippen molar-refractivity contribution in [2.24, 2.45) is 0 Å². The van der Waals surface area contributed by atoms with Gasteiger partial charge in [-0.1, -0.05) is 0 Å². The number of nitrogens with zero attached hydrogens (tertiary/aromatic N) is 2. The maximum Gasteiger partial charge on any atom is 0.275 e. The van der Waals surface area contributed by atoms with Gasteiger partial charge < -0.3 is 16.0 Å². The van der Waals surface area contributed by atoms with E-state index in [9.17, 15) is 9.59 Å². The lowest BCUT2D eigenvalue weighted by atomic mass is 10.1. The van der Waals surface area contributed by atoms with Gasteiger partial charge in [0.2, 0.25) is 5.91 Å². The summed E-state index contributed by atoms with van der Waals surface area (Å²) in [6.45, 7) is 2.23. The summed E-state index contributed by atoms with van der Waals surface area (Å²) < 4.78 is 0. The molecule has 0 atom stereocenters. The van der Waals surface area contributed by atoms with E-state index >= 15 is 0 Å². The van der Waals surface area contributed by atoms with Crippen LogP contribution >= 0.6 is 0 Å². The number of hydrogen-bond acceptors (Lipinski definition) is 4. The van der Waals surface area contributed by atoms with Crippen LogP contribution in [0.4, 0.5) is 5.69 Å². The molecule has 0 radical (unpaired) electrons. The number of aromatic nitrogens is 2. The summed E-state index contributed by atoms with van der Waals surface area (Å²) in [6, 6.07) is 5.19. The number of nitrogen functional groups attached to an aromatic ring is 1. The van der Waals surface area contributed by atoms with E-state index in [2.05, 4.69) is 15.5 Å². The molecule has 0 saturated heterocycles. The highest BCUT2D eigenvalue weighted by atomic mass is 16.2. The van der Waals surface area contributed by atoms with E-state index in [-0.39, 0.29) is 24.1 Å². The van der Waals surface area contributed by atoms with Crippen LogP contribution in [0.3, 0.4) is 0 Å². The topological polar surface area (TPSA) is 104 Å². The third-order valence-corrected chi connectivity index (χ3v) is 3.07. The van der Waals surface area contributed by atoms with E-state index in [1.807, 2.05) is 6.92 Å². The van der Waals surface area contributed by atoms with Gasteiger partial charge in [0.1, 0.15) is 0 Å². The summed E-state index contributed by atoms with van der Waals surface area (Å²) in [5.74, 6) is -0.521. The Morgan fingerprint density at radius 1 is 1.45 bits per heavy atom. The van der Waals surface area contributed by atoms with E-state index < -0.39 is 0 Å². The van der Waals surface area contributed by atoms with Crippen molar-refractivity contribution in [1.82, 2.24) is 20.4 Å². The van der Waals surface area contributed by atoms with Gasteiger partial charge in [-0.15, -0.1) is 0 Å². The van der Waals surface area contributed by atoms with Crippen LogP contribution in [0.1, 0.15) is 17.4 Å². The molecule has 0 fully saturated rings. The maximum absolute atomic E-state index is 12.4. The highest BCUT2D eigenvalue weighted by molar-refractivity contribution is 6.06. The normalized spacial score (nSPS) is 10.5. The van der Waals surface area contributed by atoms with Crippen LogP contribution in [-0.2, 0) is 4.79 Å². The molecule has 7 heteroatoms. The SMILES string of the molecule is CCN(CC(=O)NC)C(=O)c1n[nH]c2ccc(N)cc12. The third kappa shape index (κ3) is 2.56. The first-order valence-corrected chi connectivity index (χ1v) is 6.30. The van der Waals surface area contributed by atoms with Crippen LogP contribution in [-0.4, -0.2) is 47.0 Å². The second-order valence-corrected chi connectivity index (χ2v) is 4.37. The first kappa shape index (κ1) is 13.9. The van der Waals surface area contributed by atoms with Crippen molar-refractivity contribution in [3.63, 3.8) is 0 Å². The Kier molecular flexibility index (Phi) is 3.88. The molecule has 106 valence electrons. The van der Waals surface area contributed by atoms with Gasteiger partial charge in [-0.25, -0.2) is 0 Å². The van der Waals surface area contributed by atoms with Crippen molar-refractivity contribution < 1.29 is 9.59 Å². The largest absolute Gasteiger partial charge is 0.399 e. The van der Waals surface area contributed by atoms with Gasteiger partial charge in [0, 0.05) is 24.7 Å². The zero-order chi connectivity index (χ0) is 14.7. The Morgan fingerprint density at radius 2 is 2.20 bits per heavy atom. The molecule has 0 saturated carbocycles. The molecular formula is C13H17N5O2. The fraction of sp³-hybridized carbons (Fsp3) is 0.308. The Hall–Kier alpha value is -2.57. The molecule has 0 aliphatic rings. The highest BCUT2D eigenvalue weighted by Gasteiger charge is 2.21. The summed E-state index contributed by atoms with van der Waals surface area (Å²) in [6.07, 6.45) is 0. The van der Waals surface area contributed by atoms with Gasteiger partial charge in [0.05, 0.1) is 12.1 Å². The Labute approximate surface area is 116 Å². The standard InChI is InChI=1S/C13H17N5O2/c1-3-18(7-11(19)15-2)13(20)12-9-6-8(14)4-5-10(9)16-17-12/h4-6H,3,7,14H2,1-2H3,(H,15,19)(H,16,17). The second-order valence-electron chi connectivity index (χ2n) is 4.37. The molecular weight excluding hydrogens is 258 g/mol. The number of likely N-dealkylation sites (N-methyl/N-ethyl adjacent to an activating group) is 2. The number of aromatic amines is 1. The number of anilines is 1. The summed E-state index contributed by atoms with van der Waals surface area (Å²) in [4.78, 5) is 25.3. The van der Waals surface area contributed by atoms with Gasteiger partial charge in [-0.3, -0.25) is 14.7 Å². The van der Waals surface area contributed by atoms with Crippen molar-refractivity contribution in [2.75, 3.05) is 25.9 Å². The zero-order valence-electron chi connectivity index (χ0n) is 11.4. The van der Waals surface area contributed by atoms with Crippen LogP contribution in [0, 0.1) is 0 Å². The monoisotopic (exact) mass is 275 g/mol. The van der Waals surface area contributed by atoms with E-state index in [0.717, 1.165) is 5.52 Å². The molecule has 1 aromatic heterocycles. The van der Waals surface area contributed by atoms with Crippen molar-refractivity contribution >= 4 is 28.4 Å². The predicted octanol–water partition coefficient (Wildman–Crippen LogP) is 0.353. The summed E-state index contributed by atoms with van der Waals surface area (Å²) >= 11 is 0. The number of rotatable bonds is 4. The van der Waals surface area contributed by atoms with Crippen LogP contribution in [0.15, 0.2) is 18.2 Å². The molecule has 2 rings (SSSR count). The lowest BCUT2D eigenvalue weighted by Gasteiger charge is -2.18. The number of benzene rings is 1. The summed E-state index contributed by atoms with van der Waals surface area (Å²) in [5.41, 5.74) is 7.30. The summed E-state index contributed by atoms with van der Waals surface area (Å²) in [7, 11) is 1.53. The fourth-order valence-electron chi connectivity index (χ4n) is 1.92. The minimum Gasteiger partial charge on any atom is -0.399 e. The van der Waals surface area contributed by atoms with Crippen LogP contribution in [0.5, 0.6) is 0 Å². The minimum atomic E-state index is -0.298. The molecule has 0 bridgehead atoms. The molecule has 1 heterocycles. The average molecular weight is 275 g/mol. The molecule has 0 aliphatic heterocycles. The number of fused-ring (bicyclic) bond motifs is 1. The van der Waals surface area contributed by atoms with E-state index in [1.165, 1.54) is 11.9 Å². The van der Waals surface area contributed by atoms with Crippen LogP contribution in [0.25, 0.3) is 10.9 Å². The van der Waals surface area contributed by atoms with E-state index in [4.69, 9.17) is 5.73 Å². The van der Waals surface area contributed by atoms with Crippen molar-refractivity contribution in [2.45, 2.75) is 6.92 Å². The molecule has 2 aromatic rings. The number of nitrogens with one attached hydrogen (secondary N) is 2. The summed E-state index contributed by atoms with van der Waals surface area (Å²) in [5, 5.41) is 9.98. The molecule has 0 spiro atoms. The predicted molar refractivity (Wildman–Crippen MR) is 76.2 cm³/mol. The van der Waals surface area contributed by atoms with E-state index in [1.54, 1.807) is 18.2 Å². The Bertz CT molecular complexity index is 649. The first-order valence-electron chi connectivity index (χ1n) is 6.30. The number of nitrogens with two attached hydrogens (primary N) is 1. The quantitative estimate of drug-likeness (QED) is 0.700. The van der Waals surface area contributed by atoms with Crippen molar-refractivity contribution in [3.8, 4) is 0 Å². The maximum atomic E-state index is 12.4. The lowest BCUT2D eigenvalue weighted by Crippen LogP contribution is -2.39. The van der Waals surface area contributed by atoms with Crippen LogP contribution < -0.4 is 11.1 Å². The van der Waals surface area contributed by atoms with E-state index in [0.29, 0.717) is 17.6 Å². The number of carbonyl (C=O) groups excluding carboxylic acids is 2. The lowest BCUT2D eigenvalue weighted by molar-refractivity contribution is -0.121. The Morgan fingerprint density at radius 3 is 2.85 bits per heavy atom. The molecule has 0 unspecified atom stereocenters. The second kappa shape index (κ2) is 5.60. The molecule has 0 aliphatic carbocycles. The molecule has 20 heavy (non-hydrogen) atoms. The smallest absolute Gasteiger partial charge is 0.275 e. The number of amides is 2. The minimum absolute atomic E-state index is 0.00248. The van der Waals surface area contributed by atoms with Crippen LogP contribution in [0.2, 0.25) is 0 Å². The van der Waals surface area contributed by atoms with Crippen molar-refractivity contribution in [3.05, 3.63) is 23.9 Å². The fourth-order valence-corrected chi connectivity index (χ4v) is 1.92. The molecule has 2 amide bonds. The van der Waals surface area contributed by atoms with Gasteiger partial charge in [-0.2, -0.15) is 5.10 Å². The molecule has 1 aromatic carbocycles. The number of H-pyrrole nitrogens is 1. The number of hydrogen-bond donors (Lipinski definition) is 3. The first-order chi connectivity index (χ1) is 9.56. The average Bonchev–Trinajstić information content (AvgIpc) is 2.86. The van der Waals surface area contributed by atoms with Gasteiger partial charge in [0.15, 0.2) is 5.69 Å². The molecule has 4 N–H and O–H groups in total. The number of carbonyl (C=O) groups is 2. The van der Waals surface area contributed by atoms with Gasteiger partial charge >= 0.3 is 0 Å². The van der Waals surface area contributed by atoms with Gasteiger partial charge in [-0.05, 0) is 25.1 Å².